The third kappa shape index (κ3) is 6.28. The fourth-order valence-corrected chi connectivity index (χ4v) is 0.594. The summed E-state index contributed by atoms with van der Waals surface area (Å²) in [7, 11) is 0. The van der Waals surface area contributed by atoms with Gasteiger partial charge in [0.15, 0.2) is 0 Å². The molecule has 0 aliphatic carbocycles. The zero-order valence-corrected chi connectivity index (χ0v) is 7.50. The second kappa shape index (κ2) is 4.70. The topological polar surface area (TPSA) is 49.7 Å². The van der Waals surface area contributed by atoms with Crippen LogP contribution in [0.4, 0.5) is 0 Å². The van der Waals surface area contributed by atoms with Crippen molar-refractivity contribution in [3.8, 4) is 0 Å². The van der Waals surface area contributed by atoms with Gasteiger partial charge in [0.05, 0.1) is 18.3 Å². The number of aliphatic hydroxyl groups is 2. The molecule has 0 aliphatic rings. The standard InChI is InChI=1S/C8H18O3/c1-7(2)11-5-4-8(3,10)6-9/h7,9-10H,4-6H2,1-3H3. The van der Waals surface area contributed by atoms with Gasteiger partial charge in [0.25, 0.3) is 0 Å². The quantitative estimate of drug-likeness (QED) is 0.620. The molecule has 0 spiro atoms. The highest BCUT2D eigenvalue weighted by molar-refractivity contribution is 4.69. The SMILES string of the molecule is CC(C)OCCC(C)(O)CO. The van der Waals surface area contributed by atoms with Crippen LogP contribution in [-0.2, 0) is 4.74 Å². The Bertz CT molecular complexity index is 99.5. The number of hydrogen-bond donors (Lipinski definition) is 2. The van der Waals surface area contributed by atoms with Crippen molar-refractivity contribution in [1.29, 1.82) is 0 Å². The van der Waals surface area contributed by atoms with Crippen LogP contribution in [0, 0.1) is 0 Å². The molecule has 3 heteroatoms. The Morgan fingerprint density at radius 3 is 2.36 bits per heavy atom. The van der Waals surface area contributed by atoms with E-state index in [1.54, 1.807) is 6.92 Å². The summed E-state index contributed by atoms with van der Waals surface area (Å²) in [4.78, 5) is 0. The third-order valence-corrected chi connectivity index (χ3v) is 1.43. The summed E-state index contributed by atoms with van der Waals surface area (Å²) >= 11 is 0. The molecule has 0 aliphatic heterocycles. The van der Waals surface area contributed by atoms with Gasteiger partial charge in [-0.15, -0.1) is 0 Å². The van der Waals surface area contributed by atoms with Gasteiger partial charge in [-0.3, -0.25) is 0 Å². The van der Waals surface area contributed by atoms with Gasteiger partial charge in [0.2, 0.25) is 0 Å². The first-order valence-electron chi connectivity index (χ1n) is 3.93. The van der Waals surface area contributed by atoms with Crippen LogP contribution in [0.3, 0.4) is 0 Å². The summed E-state index contributed by atoms with van der Waals surface area (Å²) in [5, 5.41) is 18.0. The van der Waals surface area contributed by atoms with Crippen LogP contribution in [0.5, 0.6) is 0 Å². The van der Waals surface area contributed by atoms with Crippen molar-refractivity contribution in [2.24, 2.45) is 0 Å². The number of ether oxygens (including phenoxy) is 1. The zero-order chi connectivity index (χ0) is 8.91. The molecular formula is C8H18O3. The Kier molecular flexibility index (Phi) is 4.65. The molecule has 0 heterocycles. The molecule has 1 atom stereocenters. The van der Waals surface area contributed by atoms with E-state index in [0.717, 1.165) is 0 Å². The maximum Gasteiger partial charge on any atom is 0.0871 e. The lowest BCUT2D eigenvalue weighted by molar-refractivity contribution is -0.0349. The smallest absolute Gasteiger partial charge is 0.0871 e. The summed E-state index contributed by atoms with van der Waals surface area (Å²) in [6.45, 7) is 5.75. The van der Waals surface area contributed by atoms with Crippen molar-refractivity contribution in [3.63, 3.8) is 0 Å². The average Bonchev–Trinajstić information content (AvgIpc) is 1.87. The van der Waals surface area contributed by atoms with Crippen LogP contribution < -0.4 is 0 Å². The molecule has 0 fully saturated rings. The van der Waals surface area contributed by atoms with E-state index in [1.807, 2.05) is 13.8 Å². The van der Waals surface area contributed by atoms with E-state index >= 15 is 0 Å². The van der Waals surface area contributed by atoms with Crippen LogP contribution >= 0.6 is 0 Å². The predicted molar refractivity (Wildman–Crippen MR) is 43.4 cm³/mol. The van der Waals surface area contributed by atoms with E-state index in [9.17, 15) is 5.11 Å². The van der Waals surface area contributed by atoms with E-state index in [4.69, 9.17) is 9.84 Å². The summed E-state index contributed by atoms with van der Waals surface area (Å²) in [6.07, 6.45) is 0.659. The molecule has 0 bridgehead atoms. The summed E-state index contributed by atoms with van der Waals surface area (Å²) in [5.74, 6) is 0. The lowest BCUT2D eigenvalue weighted by Gasteiger charge is -2.20. The average molecular weight is 162 g/mol. The van der Waals surface area contributed by atoms with Crippen LogP contribution in [0.25, 0.3) is 0 Å². The molecule has 0 saturated carbocycles. The first kappa shape index (κ1) is 10.9. The van der Waals surface area contributed by atoms with Crippen molar-refractivity contribution in [3.05, 3.63) is 0 Å². The first-order chi connectivity index (χ1) is 4.98. The monoisotopic (exact) mass is 162 g/mol. The van der Waals surface area contributed by atoms with Crippen molar-refractivity contribution >= 4 is 0 Å². The molecule has 2 N–H and O–H groups in total. The Labute approximate surface area is 68.0 Å². The van der Waals surface area contributed by atoms with Crippen LogP contribution in [0.1, 0.15) is 27.2 Å². The van der Waals surface area contributed by atoms with Crippen molar-refractivity contribution in [1.82, 2.24) is 0 Å². The summed E-state index contributed by atoms with van der Waals surface area (Å²) < 4.78 is 5.21. The number of rotatable bonds is 5. The highest BCUT2D eigenvalue weighted by Crippen LogP contribution is 2.07. The van der Waals surface area contributed by atoms with Gasteiger partial charge in [-0.05, 0) is 20.8 Å². The van der Waals surface area contributed by atoms with E-state index in [-0.39, 0.29) is 12.7 Å². The van der Waals surface area contributed by atoms with Gasteiger partial charge in [0, 0.05) is 13.0 Å². The second-order valence-electron chi connectivity index (χ2n) is 3.32. The molecule has 0 aromatic rings. The van der Waals surface area contributed by atoms with Gasteiger partial charge >= 0.3 is 0 Å². The second-order valence-corrected chi connectivity index (χ2v) is 3.32. The largest absolute Gasteiger partial charge is 0.393 e. The number of aliphatic hydroxyl groups excluding tert-OH is 1. The highest BCUT2D eigenvalue weighted by atomic mass is 16.5. The van der Waals surface area contributed by atoms with Crippen molar-refractivity contribution in [2.75, 3.05) is 13.2 Å². The summed E-state index contributed by atoms with van der Waals surface area (Å²) in [5.41, 5.74) is -0.991. The van der Waals surface area contributed by atoms with Crippen molar-refractivity contribution < 1.29 is 14.9 Å². The minimum atomic E-state index is -0.991. The minimum Gasteiger partial charge on any atom is -0.393 e. The normalized spacial score (nSPS) is 16.9. The van der Waals surface area contributed by atoms with E-state index in [0.29, 0.717) is 13.0 Å². The predicted octanol–water partition coefficient (Wildman–Crippen LogP) is 0.545. The van der Waals surface area contributed by atoms with E-state index in [2.05, 4.69) is 0 Å². The van der Waals surface area contributed by atoms with E-state index < -0.39 is 5.60 Å². The molecule has 0 rings (SSSR count). The molecule has 68 valence electrons. The van der Waals surface area contributed by atoms with Gasteiger partial charge in [-0.25, -0.2) is 0 Å². The van der Waals surface area contributed by atoms with Crippen LogP contribution in [0.2, 0.25) is 0 Å². The lowest BCUT2D eigenvalue weighted by Crippen LogP contribution is -2.30. The minimum absolute atomic E-state index is 0.185. The molecule has 0 saturated heterocycles. The summed E-state index contributed by atoms with van der Waals surface area (Å²) in [6, 6.07) is 0. The van der Waals surface area contributed by atoms with Crippen molar-refractivity contribution in [2.45, 2.75) is 38.9 Å². The third-order valence-electron chi connectivity index (χ3n) is 1.43. The Morgan fingerprint density at radius 1 is 1.45 bits per heavy atom. The molecule has 0 radical (unpaired) electrons. The molecule has 0 aromatic heterocycles. The molecule has 11 heavy (non-hydrogen) atoms. The van der Waals surface area contributed by atoms with Gasteiger partial charge < -0.3 is 14.9 Å². The van der Waals surface area contributed by atoms with Crippen LogP contribution in [-0.4, -0.2) is 35.1 Å². The first-order valence-corrected chi connectivity index (χ1v) is 3.93. The van der Waals surface area contributed by atoms with Gasteiger partial charge in [0.1, 0.15) is 0 Å². The van der Waals surface area contributed by atoms with E-state index in [1.165, 1.54) is 0 Å². The molecule has 3 nitrogen and oxygen atoms in total. The lowest BCUT2D eigenvalue weighted by atomic mass is 10.1. The molecule has 0 aromatic carbocycles. The molecule has 0 amide bonds. The van der Waals surface area contributed by atoms with Gasteiger partial charge in [-0.1, -0.05) is 0 Å². The Balaban J connectivity index is 3.38. The fourth-order valence-electron chi connectivity index (χ4n) is 0.594. The van der Waals surface area contributed by atoms with Crippen LogP contribution in [0.15, 0.2) is 0 Å². The maximum absolute atomic E-state index is 9.31. The fraction of sp³-hybridized carbons (Fsp3) is 1.00. The Hall–Kier alpha value is -0.120. The Morgan fingerprint density at radius 2 is 2.00 bits per heavy atom. The molecular weight excluding hydrogens is 144 g/mol. The zero-order valence-electron chi connectivity index (χ0n) is 7.50. The van der Waals surface area contributed by atoms with Gasteiger partial charge in [-0.2, -0.15) is 0 Å². The maximum atomic E-state index is 9.31. The highest BCUT2D eigenvalue weighted by Gasteiger charge is 2.18. The molecule has 1 unspecified atom stereocenters. The number of hydrogen-bond acceptors (Lipinski definition) is 3.